The first-order chi connectivity index (χ1) is 15.2. The third-order valence-electron chi connectivity index (χ3n) is 11.1. The van der Waals surface area contributed by atoms with E-state index in [1.165, 1.54) is 25.7 Å². The second kappa shape index (κ2) is 9.04. The van der Waals surface area contributed by atoms with Crippen LogP contribution in [0, 0.1) is 52.3 Å². The number of aliphatic hydroxyl groups excluding tert-OH is 1. The summed E-state index contributed by atoms with van der Waals surface area (Å²) in [6, 6.07) is 0. The van der Waals surface area contributed by atoms with Crippen LogP contribution in [0.25, 0.3) is 0 Å². The van der Waals surface area contributed by atoms with Crippen LogP contribution in [-0.4, -0.2) is 29.6 Å². The molecular weight excluding hydrogens is 400 g/mol. The van der Waals surface area contributed by atoms with E-state index in [-0.39, 0.29) is 28.8 Å². The molecule has 0 aromatic heterocycles. The van der Waals surface area contributed by atoms with Crippen molar-refractivity contribution in [2.45, 2.75) is 105 Å². The summed E-state index contributed by atoms with van der Waals surface area (Å²) in [6.07, 6.45) is 9.41. The van der Waals surface area contributed by atoms with Gasteiger partial charge in [-0.3, -0.25) is 9.59 Å². The van der Waals surface area contributed by atoms with Crippen LogP contribution in [0.1, 0.15) is 98.8 Å². The van der Waals surface area contributed by atoms with Gasteiger partial charge in [-0.15, -0.1) is 0 Å². The molecule has 0 spiro atoms. The molecule has 4 saturated carbocycles. The Bertz CT molecular complexity index is 718. The molecule has 4 aliphatic rings. The van der Waals surface area contributed by atoms with E-state index in [1.807, 2.05) is 6.92 Å². The van der Waals surface area contributed by atoms with E-state index < -0.39 is 0 Å². The minimum atomic E-state index is -0.271. The lowest BCUT2D eigenvalue weighted by atomic mass is 9.41. The minimum Gasteiger partial charge on any atom is -0.466 e. The van der Waals surface area contributed by atoms with Crippen molar-refractivity contribution in [2.24, 2.45) is 52.3 Å². The summed E-state index contributed by atoms with van der Waals surface area (Å²) in [7, 11) is 0. The lowest BCUT2D eigenvalue weighted by molar-refractivity contribution is -0.194. The third-order valence-corrected chi connectivity index (χ3v) is 11.1. The van der Waals surface area contributed by atoms with Gasteiger partial charge in [0, 0.05) is 19.3 Å². The van der Waals surface area contributed by atoms with Gasteiger partial charge >= 0.3 is 5.97 Å². The maximum absolute atomic E-state index is 12.4. The van der Waals surface area contributed by atoms with Gasteiger partial charge in [0.15, 0.2) is 0 Å². The van der Waals surface area contributed by atoms with E-state index in [0.29, 0.717) is 60.7 Å². The number of carbonyl (C=O) groups is 2. The summed E-state index contributed by atoms with van der Waals surface area (Å²) in [5.74, 6) is 3.56. The van der Waals surface area contributed by atoms with E-state index in [4.69, 9.17) is 4.74 Å². The standard InChI is InChI=1S/C28H46O4/c1-6-19-23-16-18(29)12-14-28(23,5)22-13-15-27(4)20(9-10-21(27)25(22)26(19)31)17(3)8-11-24(30)32-7-2/h17,19-23,25-26,31H,6-16H2,1-5H3/t17-,19-,20-,21+,22+,23+,25+,26+,27-,28-/m1/s1. The molecule has 182 valence electrons. The zero-order chi connectivity index (χ0) is 23.3. The van der Waals surface area contributed by atoms with Crippen LogP contribution in [0.2, 0.25) is 0 Å². The molecule has 0 aromatic rings. The molecule has 0 heterocycles. The molecule has 32 heavy (non-hydrogen) atoms. The third kappa shape index (κ3) is 3.77. The summed E-state index contributed by atoms with van der Waals surface area (Å²) < 4.78 is 5.17. The fourth-order valence-corrected chi connectivity index (χ4v) is 9.52. The Hall–Kier alpha value is -0.900. The summed E-state index contributed by atoms with van der Waals surface area (Å²) in [4.78, 5) is 24.3. The predicted octanol–water partition coefficient (Wildman–Crippen LogP) is 5.80. The van der Waals surface area contributed by atoms with Crippen LogP contribution in [0.5, 0.6) is 0 Å². The lowest BCUT2D eigenvalue weighted by Gasteiger charge is -2.64. The molecular formula is C28H46O4. The van der Waals surface area contributed by atoms with Crippen LogP contribution in [0.4, 0.5) is 0 Å². The second-order valence-electron chi connectivity index (χ2n) is 12.3. The largest absolute Gasteiger partial charge is 0.466 e. The number of ketones is 1. The van der Waals surface area contributed by atoms with Crippen LogP contribution >= 0.6 is 0 Å². The average molecular weight is 447 g/mol. The normalized spacial score (nSPS) is 46.7. The first-order valence-electron chi connectivity index (χ1n) is 13.5. The Morgan fingerprint density at radius 1 is 1.09 bits per heavy atom. The van der Waals surface area contributed by atoms with E-state index in [0.717, 1.165) is 25.7 Å². The number of carbonyl (C=O) groups excluding carboxylic acids is 2. The Balaban J connectivity index is 1.56. The molecule has 4 heteroatoms. The van der Waals surface area contributed by atoms with Crippen molar-refractivity contribution >= 4 is 11.8 Å². The minimum absolute atomic E-state index is 0.0675. The Morgan fingerprint density at radius 2 is 1.81 bits per heavy atom. The number of esters is 1. The number of hydrogen-bond acceptors (Lipinski definition) is 4. The van der Waals surface area contributed by atoms with Crippen LogP contribution < -0.4 is 0 Å². The summed E-state index contributed by atoms with van der Waals surface area (Å²) >= 11 is 0. The molecule has 0 unspecified atom stereocenters. The van der Waals surface area contributed by atoms with Gasteiger partial charge in [-0.25, -0.2) is 0 Å². The Morgan fingerprint density at radius 3 is 2.50 bits per heavy atom. The van der Waals surface area contributed by atoms with Crippen molar-refractivity contribution in [1.82, 2.24) is 0 Å². The molecule has 4 rings (SSSR count). The fraction of sp³-hybridized carbons (Fsp3) is 0.929. The summed E-state index contributed by atoms with van der Waals surface area (Å²) in [5, 5.41) is 11.8. The summed E-state index contributed by atoms with van der Waals surface area (Å²) in [6.45, 7) is 11.8. The van der Waals surface area contributed by atoms with Gasteiger partial charge in [0.25, 0.3) is 0 Å². The molecule has 0 bridgehead atoms. The topological polar surface area (TPSA) is 63.6 Å². The van der Waals surface area contributed by atoms with E-state index >= 15 is 0 Å². The van der Waals surface area contributed by atoms with Crippen molar-refractivity contribution in [1.29, 1.82) is 0 Å². The predicted molar refractivity (Wildman–Crippen MR) is 126 cm³/mol. The first kappa shape index (κ1) is 24.2. The van der Waals surface area contributed by atoms with Gasteiger partial charge in [0.1, 0.15) is 5.78 Å². The highest BCUT2D eigenvalue weighted by Gasteiger charge is 2.64. The molecule has 0 aromatic carbocycles. The lowest BCUT2D eigenvalue weighted by Crippen LogP contribution is -2.61. The molecule has 4 nitrogen and oxygen atoms in total. The summed E-state index contributed by atoms with van der Waals surface area (Å²) in [5.41, 5.74) is 0.454. The molecule has 0 saturated heterocycles. The van der Waals surface area contributed by atoms with Gasteiger partial charge in [-0.05, 0) is 97.7 Å². The fourth-order valence-electron chi connectivity index (χ4n) is 9.52. The second-order valence-corrected chi connectivity index (χ2v) is 12.3. The zero-order valence-electron chi connectivity index (χ0n) is 21.1. The number of fused-ring (bicyclic) bond motifs is 5. The maximum Gasteiger partial charge on any atom is 0.305 e. The number of aliphatic hydroxyl groups is 1. The highest BCUT2D eigenvalue weighted by molar-refractivity contribution is 5.79. The number of Topliss-reactive ketones (excluding diaryl/α,β-unsaturated/α-hetero) is 1. The highest BCUT2D eigenvalue weighted by Crippen LogP contribution is 2.69. The van der Waals surface area contributed by atoms with Gasteiger partial charge in [-0.1, -0.05) is 34.1 Å². The molecule has 4 fully saturated rings. The molecule has 0 amide bonds. The molecule has 10 atom stereocenters. The van der Waals surface area contributed by atoms with Crippen molar-refractivity contribution in [2.75, 3.05) is 6.61 Å². The Kier molecular flexibility index (Phi) is 6.85. The van der Waals surface area contributed by atoms with Crippen molar-refractivity contribution in [3.05, 3.63) is 0 Å². The van der Waals surface area contributed by atoms with Crippen LogP contribution in [-0.2, 0) is 14.3 Å². The first-order valence-corrected chi connectivity index (χ1v) is 13.5. The SMILES string of the molecule is CCOC(=O)CC[C@@H](C)[C@H]1CC[C@H]2[C@@H]3[C@@H](O)[C@H](CC)[C@@H]4CC(=O)CC[C@]4(C)[C@H]3CC[C@]12C. The Labute approximate surface area is 195 Å². The monoisotopic (exact) mass is 446 g/mol. The number of hydrogen-bond donors (Lipinski definition) is 1. The van der Waals surface area contributed by atoms with Crippen LogP contribution in [0.15, 0.2) is 0 Å². The van der Waals surface area contributed by atoms with E-state index in [9.17, 15) is 14.7 Å². The highest BCUT2D eigenvalue weighted by atomic mass is 16.5. The maximum atomic E-state index is 12.4. The van der Waals surface area contributed by atoms with E-state index in [1.54, 1.807) is 0 Å². The number of rotatable bonds is 6. The van der Waals surface area contributed by atoms with Gasteiger partial charge in [0.2, 0.25) is 0 Å². The average Bonchev–Trinajstić information content (AvgIpc) is 3.11. The number of ether oxygens (including phenoxy) is 1. The molecule has 4 aliphatic carbocycles. The van der Waals surface area contributed by atoms with Gasteiger partial charge in [0.05, 0.1) is 12.7 Å². The molecule has 1 N–H and O–H groups in total. The smallest absolute Gasteiger partial charge is 0.305 e. The van der Waals surface area contributed by atoms with Crippen molar-refractivity contribution < 1.29 is 19.4 Å². The quantitative estimate of drug-likeness (QED) is 0.524. The van der Waals surface area contributed by atoms with Crippen molar-refractivity contribution in [3.8, 4) is 0 Å². The van der Waals surface area contributed by atoms with Crippen LogP contribution in [0.3, 0.4) is 0 Å². The van der Waals surface area contributed by atoms with Crippen molar-refractivity contribution in [3.63, 3.8) is 0 Å². The molecule has 0 aliphatic heterocycles. The van der Waals surface area contributed by atoms with Gasteiger partial charge in [-0.2, -0.15) is 0 Å². The molecule has 0 radical (unpaired) electrons. The van der Waals surface area contributed by atoms with Gasteiger partial charge < -0.3 is 9.84 Å². The zero-order valence-corrected chi connectivity index (χ0v) is 21.1. The van der Waals surface area contributed by atoms with E-state index in [2.05, 4.69) is 27.7 Å².